The predicted octanol–water partition coefficient (Wildman–Crippen LogP) is 1.39. The maximum Gasteiger partial charge on any atom is 0.278 e. The highest BCUT2D eigenvalue weighted by molar-refractivity contribution is 5.92. The number of piperidine rings is 1. The fraction of sp³-hybridized carbons (Fsp3) is 0.389. The lowest BCUT2D eigenvalue weighted by Crippen LogP contribution is -2.42. The number of carbonyl (C=O) groups is 1. The smallest absolute Gasteiger partial charge is 0.278 e. The zero-order valence-corrected chi connectivity index (χ0v) is 13.7. The highest BCUT2D eigenvalue weighted by atomic mass is 16.3. The molecule has 1 saturated heterocycles. The van der Waals surface area contributed by atoms with E-state index in [1.54, 1.807) is 16.5 Å². The summed E-state index contributed by atoms with van der Waals surface area (Å²) in [5, 5.41) is 13.5. The highest BCUT2D eigenvalue weighted by Crippen LogP contribution is 2.17. The summed E-state index contributed by atoms with van der Waals surface area (Å²) < 4.78 is 1.62. The van der Waals surface area contributed by atoms with Crippen LogP contribution in [0.15, 0.2) is 41.2 Å². The predicted molar refractivity (Wildman–Crippen MR) is 90.3 cm³/mol. The quantitative estimate of drug-likeness (QED) is 0.924. The van der Waals surface area contributed by atoms with Crippen LogP contribution < -0.4 is 5.43 Å². The van der Waals surface area contributed by atoms with Crippen molar-refractivity contribution in [2.24, 2.45) is 5.92 Å². The number of nitrogens with zero attached hydrogens (tertiary/aromatic N) is 3. The third kappa shape index (κ3) is 3.23. The van der Waals surface area contributed by atoms with Crippen molar-refractivity contribution in [1.29, 1.82) is 0 Å². The molecule has 0 atom stereocenters. The fourth-order valence-electron chi connectivity index (χ4n) is 2.99. The van der Waals surface area contributed by atoms with Gasteiger partial charge in [0.05, 0.1) is 5.69 Å². The first kappa shape index (κ1) is 16.4. The number of likely N-dealkylation sites (tertiary alicyclic amines) is 1. The first-order valence-electron chi connectivity index (χ1n) is 8.16. The summed E-state index contributed by atoms with van der Waals surface area (Å²) in [6.45, 7) is 3.03. The molecule has 24 heavy (non-hydrogen) atoms. The number of aryl methyl sites for hydroxylation is 1. The molecule has 126 valence electrons. The van der Waals surface area contributed by atoms with Gasteiger partial charge in [0.1, 0.15) is 0 Å². The highest BCUT2D eigenvalue weighted by Gasteiger charge is 2.26. The number of hydrogen-bond donors (Lipinski definition) is 1. The summed E-state index contributed by atoms with van der Waals surface area (Å²) in [5.41, 5.74) is 1.09. The Morgan fingerprint density at radius 1 is 1.25 bits per heavy atom. The van der Waals surface area contributed by atoms with E-state index in [0.717, 1.165) is 18.5 Å². The molecule has 0 radical (unpaired) electrons. The minimum absolute atomic E-state index is 0.0492. The second kappa shape index (κ2) is 6.97. The maximum absolute atomic E-state index is 12.7. The Morgan fingerprint density at radius 3 is 2.54 bits per heavy atom. The van der Waals surface area contributed by atoms with E-state index in [2.05, 4.69) is 5.10 Å². The van der Waals surface area contributed by atoms with Crippen molar-refractivity contribution in [3.05, 3.63) is 58.0 Å². The Kier molecular flexibility index (Phi) is 4.76. The third-order valence-electron chi connectivity index (χ3n) is 4.47. The molecule has 0 unspecified atom stereocenters. The lowest BCUT2D eigenvalue weighted by atomic mass is 9.98. The normalized spacial score (nSPS) is 15.5. The number of hydrogen-bond acceptors (Lipinski definition) is 4. The van der Waals surface area contributed by atoms with E-state index in [9.17, 15) is 14.7 Å². The molecule has 1 aliphatic rings. The summed E-state index contributed by atoms with van der Waals surface area (Å²) in [6, 6.07) is 10.9. The van der Waals surface area contributed by atoms with Crippen molar-refractivity contribution in [2.75, 3.05) is 19.7 Å². The molecule has 6 nitrogen and oxygen atoms in total. The van der Waals surface area contributed by atoms with E-state index < -0.39 is 0 Å². The van der Waals surface area contributed by atoms with E-state index in [-0.39, 0.29) is 29.6 Å². The molecular weight excluding hydrogens is 306 g/mol. The summed E-state index contributed by atoms with van der Waals surface area (Å²) in [5.74, 6) is -0.0953. The standard InChI is InChI=1S/C18H21N3O3/c1-13-11-16(23)17(19-21(13)15-5-3-2-4-6-15)18(24)20-9-7-14(12-22)8-10-20/h2-6,11,14,22H,7-10,12H2,1H3. The minimum Gasteiger partial charge on any atom is -0.396 e. The first-order valence-corrected chi connectivity index (χ1v) is 8.16. The molecule has 1 N–H and O–H groups in total. The number of para-hydroxylation sites is 1. The average molecular weight is 327 g/mol. The molecule has 1 aromatic carbocycles. The number of aliphatic hydroxyl groups is 1. The number of aromatic nitrogens is 2. The number of carbonyl (C=O) groups excluding carboxylic acids is 1. The lowest BCUT2D eigenvalue weighted by molar-refractivity contribution is 0.0642. The molecule has 1 aromatic heterocycles. The van der Waals surface area contributed by atoms with Crippen molar-refractivity contribution in [2.45, 2.75) is 19.8 Å². The first-order chi connectivity index (χ1) is 11.6. The van der Waals surface area contributed by atoms with E-state index in [1.807, 2.05) is 30.3 Å². The van der Waals surface area contributed by atoms with Gasteiger partial charge >= 0.3 is 0 Å². The van der Waals surface area contributed by atoms with Gasteiger partial charge in [-0.1, -0.05) is 18.2 Å². The fourth-order valence-corrected chi connectivity index (χ4v) is 2.99. The van der Waals surface area contributed by atoms with Crippen LogP contribution in [0.4, 0.5) is 0 Å². The molecule has 1 fully saturated rings. The Morgan fingerprint density at radius 2 is 1.92 bits per heavy atom. The summed E-state index contributed by atoms with van der Waals surface area (Å²) >= 11 is 0. The molecular formula is C18H21N3O3. The molecule has 0 spiro atoms. The molecule has 2 aromatic rings. The Hall–Kier alpha value is -2.47. The van der Waals surface area contributed by atoms with Crippen LogP contribution >= 0.6 is 0 Å². The van der Waals surface area contributed by atoms with Crippen LogP contribution in [0.1, 0.15) is 29.0 Å². The van der Waals surface area contributed by atoms with Gasteiger partial charge in [-0.3, -0.25) is 9.59 Å². The van der Waals surface area contributed by atoms with Crippen molar-refractivity contribution in [3.8, 4) is 5.69 Å². The van der Waals surface area contributed by atoms with Gasteiger partial charge in [0.25, 0.3) is 5.91 Å². The Labute approximate surface area is 140 Å². The van der Waals surface area contributed by atoms with Gasteiger partial charge in [-0.05, 0) is 37.8 Å². The molecule has 3 rings (SSSR count). The van der Waals surface area contributed by atoms with Gasteiger partial charge in [-0.2, -0.15) is 5.10 Å². The largest absolute Gasteiger partial charge is 0.396 e. The zero-order valence-electron chi connectivity index (χ0n) is 13.7. The van der Waals surface area contributed by atoms with Gasteiger partial charge in [-0.15, -0.1) is 0 Å². The van der Waals surface area contributed by atoms with Crippen LogP contribution in [-0.4, -0.2) is 45.4 Å². The zero-order chi connectivity index (χ0) is 17.1. The second-order valence-corrected chi connectivity index (χ2v) is 6.16. The van der Waals surface area contributed by atoms with Gasteiger partial charge in [0, 0.05) is 31.5 Å². The number of amides is 1. The van der Waals surface area contributed by atoms with E-state index in [1.165, 1.54) is 6.07 Å². The van der Waals surface area contributed by atoms with Crippen molar-refractivity contribution in [1.82, 2.24) is 14.7 Å². The monoisotopic (exact) mass is 327 g/mol. The van der Waals surface area contributed by atoms with Gasteiger partial charge in [-0.25, -0.2) is 4.68 Å². The number of aliphatic hydroxyl groups excluding tert-OH is 1. The van der Waals surface area contributed by atoms with Gasteiger partial charge in [0.15, 0.2) is 5.69 Å². The molecule has 0 aliphatic carbocycles. The average Bonchev–Trinajstić information content (AvgIpc) is 2.62. The minimum atomic E-state index is -0.353. The van der Waals surface area contributed by atoms with Crippen molar-refractivity contribution < 1.29 is 9.90 Å². The van der Waals surface area contributed by atoms with Crippen LogP contribution in [0.5, 0.6) is 0 Å². The van der Waals surface area contributed by atoms with Crippen LogP contribution in [0.3, 0.4) is 0 Å². The Balaban J connectivity index is 1.91. The van der Waals surface area contributed by atoms with Gasteiger partial charge < -0.3 is 10.0 Å². The van der Waals surface area contributed by atoms with E-state index in [0.29, 0.717) is 18.8 Å². The lowest BCUT2D eigenvalue weighted by Gasteiger charge is -2.30. The number of benzene rings is 1. The third-order valence-corrected chi connectivity index (χ3v) is 4.47. The van der Waals surface area contributed by atoms with Crippen LogP contribution in [-0.2, 0) is 0 Å². The maximum atomic E-state index is 12.7. The topological polar surface area (TPSA) is 75.4 Å². The second-order valence-electron chi connectivity index (χ2n) is 6.16. The van der Waals surface area contributed by atoms with Crippen molar-refractivity contribution in [3.63, 3.8) is 0 Å². The summed E-state index contributed by atoms with van der Waals surface area (Å²) in [4.78, 5) is 26.6. The van der Waals surface area contributed by atoms with Crippen molar-refractivity contribution >= 4 is 5.91 Å². The Bertz CT molecular complexity index is 778. The van der Waals surface area contributed by atoms with Crippen LogP contribution in [0.2, 0.25) is 0 Å². The van der Waals surface area contributed by atoms with Crippen LogP contribution in [0, 0.1) is 12.8 Å². The molecule has 1 amide bonds. The van der Waals surface area contributed by atoms with E-state index in [4.69, 9.17) is 0 Å². The number of rotatable bonds is 3. The molecule has 6 heteroatoms. The van der Waals surface area contributed by atoms with Gasteiger partial charge in [0.2, 0.25) is 5.43 Å². The molecule has 1 aliphatic heterocycles. The SMILES string of the molecule is Cc1cc(=O)c(C(=O)N2CCC(CO)CC2)nn1-c1ccccc1. The summed E-state index contributed by atoms with van der Waals surface area (Å²) in [6.07, 6.45) is 1.50. The van der Waals surface area contributed by atoms with Crippen LogP contribution in [0.25, 0.3) is 5.69 Å². The summed E-state index contributed by atoms with van der Waals surface area (Å²) in [7, 11) is 0. The molecule has 0 bridgehead atoms. The molecule has 2 heterocycles. The van der Waals surface area contributed by atoms with E-state index >= 15 is 0 Å². The molecule has 0 saturated carbocycles.